The molecule has 84 valence electrons. The number of rotatable bonds is 3. The van der Waals surface area contributed by atoms with Crippen LogP contribution in [0.25, 0.3) is 0 Å². The highest BCUT2D eigenvalue weighted by atomic mass is 32.2. The predicted octanol–water partition coefficient (Wildman–Crippen LogP) is 1.55. The van der Waals surface area contributed by atoms with Gasteiger partial charge in [0.05, 0.1) is 5.75 Å². The average Bonchev–Trinajstić information content (AvgIpc) is 2.02. The molecule has 1 saturated heterocycles. The van der Waals surface area contributed by atoms with E-state index in [2.05, 4.69) is 13.8 Å². The number of nitrogens with zero attached hydrogens (tertiary/aromatic N) is 1. The highest BCUT2D eigenvalue weighted by Gasteiger charge is 2.29. The maximum Gasteiger partial charge on any atom is 0.214 e. The summed E-state index contributed by atoms with van der Waals surface area (Å²) in [6, 6.07) is 0. The smallest absolute Gasteiger partial charge is 0.212 e. The topological polar surface area (TPSA) is 37.4 Å². The lowest BCUT2D eigenvalue weighted by Crippen LogP contribution is -2.44. The van der Waals surface area contributed by atoms with Crippen LogP contribution < -0.4 is 0 Å². The fraction of sp³-hybridized carbons (Fsp3) is 1.00. The van der Waals surface area contributed by atoms with Crippen molar-refractivity contribution in [1.29, 1.82) is 0 Å². The van der Waals surface area contributed by atoms with Crippen molar-refractivity contribution in [2.24, 2.45) is 0 Å². The second kappa shape index (κ2) is 4.86. The monoisotopic (exact) mass is 237 g/mol. The Hall–Kier alpha value is 0.260. The van der Waals surface area contributed by atoms with E-state index in [1.165, 1.54) is 0 Å². The first kappa shape index (κ1) is 12.3. The SMILES string of the molecule is CCCS(=O)(=O)N1CC(C)SC(C)C1. The molecule has 0 radical (unpaired) electrons. The molecule has 0 saturated carbocycles. The van der Waals surface area contributed by atoms with Gasteiger partial charge in [-0.15, -0.1) is 0 Å². The normalized spacial score (nSPS) is 30.5. The molecular formula is C9H19NO2S2. The van der Waals surface area contributed by atoms with E-state index in [4.69, 9.17) is 0 Å². The molecule has 0 aliphatic carbocycles. The second-order valence-electron chi connectivity index (χ2n) is 3.89. The molecule has 0 amide bonds. The van der Waals surface area contributed by atoms with E-state index in [1.54, 1.807) is 4.31 Å². The first-order chi connectivity index (χ1) is 6.45. The molecular weight excluding hydrogens is 218 g/mol. The first-order valence-electron chi connectivity index (χ1n) is 5.09. The van der Waals surface area contributed by atoms with E-state index in [-0.39, 0.29) is 5.75 Å². The standard InChI is InChI=1S/C9H19NO2S2/c1-4-5-14(11,12)10-6-8(2)13-9(3)7-10/h8-9H,4-7H2,1-3H3. The molecule has 14 heavy (non-hydrogen) atoms. The molecule has 0 aromatic rings. The zero-order valence-electron chi connectivity index (χ0n) is 9.06. The molecule has 1 heterocycles. The Morgan fingerprint density at radius 2 is 1.79 bits per heavy atom. The minimum Gasteiger partial charge on any atom is -0.212 e. The lowest BCUT2D eigenvalue weighted by molar-refractivity contribution is 0.404. The van der Waals surface area contributed by atoms with E-state index in [0.717, 1.165) is 0 Å². The molecule has 0 aromatic heterocycles. The van der Waals surface area contributed by atoms with E-state index >= 15 is 0 Å². The van der Waals surface area contributed by atoms with E-state index in [1.807, 2.05) is 18.7 Å². The zero-order chi connectivity index (χ0) is 10.8. The van der Waals surface area contributed by atoms with Gasteiger partial charge in [-0.2, -0.15) is 16.1 Å². The van der Waals surface area contributed by atoms with E-state index in [9.17, 15) is 8.42 Å². The van der Waals surface area contributed by atoms with Crippen LogP contribution in [-0.2, 0) is 10.0 Å². The molecule has 0 spiro atoms. The highest BCUT2D eigenvalue weighted by molar-refractivity contribution is 8.00. The average molecular weight is 237 g/mol. The summed E-state index contributed by atoms with van der Waals surface area (Å²) in [5, 5.41) is 0.843. The highest BCUT2D eigenvalue weighted by Crippen LogP contribution is 2.26. The molecule has 1 fully saturated rings. The second-order valence-corrected chi connectivity index (χ2v) is 7.86. The summed E-state index contributed by atoms with van der Waals surface area (Å²) in [6.07, 6.45) is 0.703. The van der Waals surface area contributed by atoms with Crippen molar-refractivity contribution in [3.8, 4) is 0 Å². The Morgan fingerprint density at radius 1 is 1.29 bits per heavy atom. The Morgan fingerprint density at radius 3 is 2.21 bits per heavy atom. The molecule has 3 nitrogen and oxygen atoms in total. The molecule has 2 atom stereocenters. The number of sulfonamides is 1. The van der Waals surface area contributed by atoms with Crippen LogP contribution in [0.2, 0.25) is 0 Å². The van der Waals surface area contributed by atoms with Gasteiger partial charge < -0.3 is 0 Å². The Labute approximate surface area is 91.3 Å². The summed E-state index contributed by atoms with van der Waals surface area (Å²) in [7, 11) is -2.98. The van der Waals surface area contributed by atoms with Gasteiger partial charge >= 0.3 is 0 Å². The van der Waals surface area contributed by atoms with E-state index in [0.29, 0.717) is 30.0 Å². The summed E-state index contributed by atoms with van der Waals surface area (Å²) >= 11 is 1.87. The van der Waals surface area contributed by atoms with Crippen molar-refractivity contribution in [3.63, 3.8) is 0 Å². The van der Waals surface area contributed by atoms with Crippen LogP contribution in [0.15, 0.2) is 0 Å². The lowest BCUT2D eigenvalue weighted by Gasteiger charge is -2.33. The third-order valence-electron chi connectivity index (χ3n) is 2.24. The van der Waals surface area contributed by atoms with Gasteiger partial charge in [0.2, 0.25) is 10.0 Å². The molecule has 1 rings (SSSR count). The fourth-order valence-electron chi connectivity index (χ4n) is 1.74. The lowest BCUT2D eigenvalue weighted by atomic mass is 10.4. The Balaban J connectivity index is 2.68. The summed E-state index contributed by atoms with van der Waals surface area (Å²) < 4.78 is 25.2. The summed E-state index contributed by atoms with van der Waals surface area (Å²) in [5.41, 5.74) is 0. The summed E-state index contributed by atoms with van der Waals surface area (Å²) in [5.74, 6) is 0.289. The molecule has 1 aliphatic heterocycles. The minimum atomic E-state index is -2.98. The minimum absolute atomic E-state index is 0.289. The summed E-state index contributed by atoms with van der Waals surface area (Å²) in [4.78, 5) is 0. The van der Waals surface area contributed by atoms with Gasteiger partial charge in [0.1, 0.15) is 0 Å². The summed E-state index contributed by atoms with van der Waals surface area (Å²) in [6.45, 7) is 7.45. The van der Waals surface area contributed by atoms with E-state index < -0.39 is 10.0 Å². The molecule has 0 bridgehead atoms. The number of thioether (sulfide) groups is 1. The quantitative estimate of drug-likeness (QED) is 0.747. The maximum absolute atomic E-state index is 11.8. The van der Waals surface area contributed by atoms with Gasteiger partial charge in [-0.1, -0.05) is 20.8 Å². The first-order valence-corrected chi connectivity index (χ1v) is 7.64. The van der Waals surface area contributed by atoms with Crippen LogP contribution in [0.4, 0.5) is 0 Å². The van der Waals surface area contributed by atoms with Gasteiger partial charge in [0.15, 0.2) is 0 Å². The number of hydrogen-bond donors (Lipinski definition) is 0. The van der Waals surface area contributed by atoms with Gasteiger partial charge in [-0.25, -0.2) is 8.42 Å². The maximum atomic E-state index is 11.8. The van der Waals surface area contributed by atoms with Gasteiger partial charge in [0, 0.05) is 23.6 Å². The van der Waals surface area contributed by atoms with Crippen LogP contribution in [0.3, 0.4) is 0 Å². The largest absolute Gasteiger partial charge is 0.214 e. The Bertz CT molecular complexity index is 267. The predicted molar refractivity (Wildman–Crippen MR) is 62.2 cm³/mol. The van der Waals surface area contributed by atoms with Gasteiger partial charge in [0.25, 0.3) is 0 Å². The van der Waals surface area contributed by atoms with Crippen molar-refractivity contribution in [2.45, 2.75) is 37.7 Å². The van der Waals surface area contributed by atoms with Crippen molar-refractivity contribution in [3.05, 3.63) is 0 Å². The molecule has 5 heteroatoms. The van der Waals surface area contributed by atoms with Crippen molar-refractivity contribution in [1.82, 2.24) is 4.31 Å². The Kier molecular flexibility index (Phi) is 4.28. The van der Waals surface area contributed by atoms with Crippen molar-refractivity contribution in [2.75, 3.05) is 18.8 Å². The van der Waals surface area contributed by atoms with Crippen LogP contribution in [0, 0.1) is 0 Å². The van der Waals surface area contributed by atoms with Crippen LogP contribution >= 0.6 is 11.8 Å². The third kappa shape index (κ3) is 3.14. The van der Waals surface area contributed by atoms with Gasteiger partial charge in [-0.3, -0.25) is 0 Å². The van der Waals surface area contributed by atoms with Gasteiger partial charge in [-0.05, 0) is 6.42 Å². The fourth-order valence-corrected chi connectivity index (χ4v) is 4.93. The molecule has 2 unspecified atom stereocenters. The van der Waals surface area contributed by atoms with Crippen molar-refractivity contribution >= 4 is 21.8 Å². The molecule has 0 N–H and O–H groups in total. The number of hydrogen-bond acceptors (Lipinski definition) is 3. The van der Waals surface area contributed by atoms with Crippen LogP contribution in [0.1, 0.15) is 27.2 Å². The molecule has 1 aliphatic rings. The third-order valence-corrected chi connectivity index (χ3v) is 5.48. The zero-order valence-corrected chi connectivity index (χ0v) is 10.7. The van der Waals surface area contributed by atoms with Crippen LogP contribution in [-0.4, -0.2) is 42.1 Å². The van der Waals surface area contributed by atoms with Crippen LogP contribution in [0.5, 0.6) is 0 Å². The van der Waals surface area contributed by atoms with Crippen molar-refractivity contribution < 1.29 is 8.42 Å². The molecule has 0 aromatic carbocycles.